The largest absolute Gasteiger partial charge is 0.421 e. The first-order valence-electron chi connectivity index (χ1n) is 11.0. The molecule has 11 nitrogen and oxygen atoms in total. The molecule has 2 aromatic rings. The number of ether oxygens (including phenoxy) is 1. The van der Waals surface area contributed by atoms with Crippen LogP contribution in [-0.2, 0) is 10.9 Å². The summed E-state index contributed by atoms with van der Waals surface area (Å²) in [6, 6.07) is 0.220. The van der Waals surface area contributed by atoms with Crippen LogP contribution in [0.4, 0.5) is 35.5 Å². The summed E-state index contributed by atoms with van der Waals surface area (Å²) in [5.74, 6) is -0.0363. The summed E-state index contributed by atoms with van der Waals surface area (Å²) < 4.78 is 46.9. The lowest BCUT2D eigenvalue weighted by molar-refractivity contribution is -0.137. The van der Waals surface area contributed by atoms with Gasteiger partial charge in [-0.05, 0) is 45.5 Å². The summed E-state index contributed by atoms with van der Waals surface area (Å²) in [4.78, 5) is 23.1. The normalized spacial score (nSPS) is 17.6. The van der Waals surface area contributed by atoms with Gasteiger partial charge in [0.25, 0.3) is 0 Å². The minimum atomic E-state index is -4.63. The van der Waals surface area contributed by atoms with E-state index in [1.165, 1.54) is 11.2 Å². The number of likely N-dealkylation sites (tertiary alicyclic amines) is 1. The summed E-state index contributed by atoms with van der Waals surface area (Å²) in [6.45, 7) is 2.81. The fourth-order valence-corrected chi connectivity index (χ4v) is 3.76. The smallest absolute Gasteiger partial charge is 0.418 e. The molecule has 4 rings (SSSR count). The van der Waals surface area contributed by atoms with E-state index in [-0.39, 0.29) is 24.4 Å². The van der Waals surface area contributed by atoms with Crippen molar-refractivity contribution in [1.29, 1.82) is 0 Å². The number of nitrogens with zero attached hydrogens (tertiary/aromatic N) is 7. The van der Waals surface area contributed by atoms with E-state index in [4.69, 9.17) is 4.74 Å². The van der Waals surface area contributed by atoms with E-state index in [2.05, 4.69) is 42.9 Å². The molecular weight excluding hydrogens is 455 g/mol. The van der Waals surface area contributed by atoms with Gasteiger partial charge in [0.1, 0.15) is 11.4 Å². The van der Waals surface area contributed by atoms with Crippen LogP contribution in [-0.4, -0.2) is 80.6 Å². The number of piperidine rings is 1. The second-order valence-electron chi connectivity index (χ2n) is 8.18. The second kappa shape index (κ2) is 10.2. The number of carbonyl (C=O) groups excluding carboxylic acids is 1. The number of aromatic nitrogens is 5. The van der Waals surface area contributed by atoms with Crippen LogP contribution in [0.3, 0.4) is 0 Å². The van der Waals surface area contributed by atoms with Crippen LogP contribution in [0.25, 0.3) is 0 Å². The summed E-state index contributed by atoms with van der Waals surface area (Å²) >= 11 is 0. The standard InChI is InChI=1S/C20H26F3N9O2/c1-30-9-4-14(5-10-30)32-13-16(28-29-32)26-18-25-12-15(20(21,22)23)17(27-18)24-6-2-7-31-8-3-11-34-19(31)33/h3,11-14H,2,4-10H2,1H3,(H2,24,25,26,27). The quantitative estimate of drug-likeness (QED) is 0.550. The average molecular weight is 481 g/mol. The van der Waals surface area contributed by atoms with Gasteiger partial charge < -0.3 is 25.2 Å². The minimum Gasteiger partial charge on any atom is -0.418 e. The molecule has 0 aromatic carbocycles. The van der Waals surface area contributed by atoms with Gasteiger partial charge in [0, 0.05) is 25.8 Å². The van der Waals surface area contributed by atoms with Crippen molar-refractivity contribution in [2.45, 2.75) is 31.5 Å². The molecular formula is C20H26F3N9O2. The maximum atomic E-state index is 13.4. The summed E-state index contributed by atoms with van der Waals surface area (Å²) in [5.41, 5.74) is -0.978. The first-order chi connectivity index (χ1) is 16.3. The Hall–Kier alpha value is -3.42. The van der Waals surface area contributed by atoms with E-state index < -0.39 is 17.8 Å². The van der Waals surface area contributed by atoms with Gasteiger partial charge in [-0.1, -0.05) is 5.21 Å². The molecule has 1 fully saturated rings. The van der Waals surface area contributed by atoms with Crippen molar-refractivity contribution in [3.05, 3.63) is 30.3 Å². The van der Waals surface area contributed by atoms with Crippen LogP contribution in [0.1, 0.15) is 30.9 Å². The molecule has 0 aliphatic carbocycles. The molecule has 1 amide bonds. The third-order valence-corrected chi connectivity index (χ3v) is 5.65. The number of hydrogen-bond donors (Lipinski definition) is 2. The lowest BCUT2D eigenvalue weighted by atomic mass is 10.1. The fraction of sp³-hybridized carbons (Fsp3) is 0.550. The molecule has 0 atom stereocenters. The molecule has 0 unspecified atom stereocenters. The summed E-state index contributed by atoms with van der Waals surface area (Å²) in [7, 11) is 2.07. The van der Waals surface area contributed by atoms with E-state index in [0.29, 0.717) is 25.3 Å². The molecule has 2 aliphatic heterocycles. The van der Waals surface area contributed by atoms with Crippen molar-refractivity contribution in [3.63, 3.8) is 0 Å². The molecule has 1 saturated heterocycles. The van der Waals surface area contributed by atoms with Crippen LogP contribution in [0, 0.1) is 0 Å². The van der Waals surface area contributed by atoms with E-state index >= 15 is 0 Å². The number of nitrogens with one attached hydrogen (secondary N) is 2. The molecule has 34 heavy (non-hydrogen) atoms. The van der Waals surface area contributed by atoms with Crippen LogP contribution < -0.4 is 10.6 Å². The zero-order valence-corrected chi connectivity index (χ0v) is 18.6. The number of hydrogen-bond acceptors (Lipinski definition) is 9. The topological polar surface area (TPSA) is 113 Å². The zero-order valence-electron chi connectivity index (χ0n) is 18.6. The Labute approximate surface area is 194 Å². The van der Waals surface area contributed by atoms with Crippen LogP contribution in [0.15, 0.2) is 24.7 Å². The van der Waals surface area contributed by atoms with Crippen LogP contribution >= 0.6 is 0 Å². The Bertz CT molecular complexity index is 1020. The maximum Gasteiger partial charge on any atom is 0.421 e. The first kappa shape index (κ1) is 23.7. The third-order valence-electron chi connectivity index (χ3n) is 5.65. The Morgan fingerprint density at radius 2 is 2.06 bits per heavy atom. The summed E-state index contributed by atoms with van der Waals surface area (Å²) in [5, 5.41) is 13.7. The average Bonchev–Trinajstić information content (AvgIpc) is 3.26. The van der Waals surface area contributed by atoms with Crippen LogP contribution in [0.5, 0.6) is 0 Å². The van der Waals surface area contributed by atoms with E-state index in [9.17, 15) is 18.0 Å². The maximum absolute atomic E-state index is 13.4. The van der Waals surface area contributed by atoms with Gasteiger partial charge in [-0.25, -0.2) is 14.5 Å². The van der Waals surface area contributed by atoms with Gasteiger partial charge in [-0.3, -0.25) is 0 Å². The highest BCUT2D eigenvalue weighted by Gasteiger charge is 2.35. The lowest BCUT2D eigenvalue weighted by Crippen LogP contribution is -2.34. The van der Waals surface area contributed by atoms with E-state index in [1.54, 1.807) is 17.0 Å². The second-order valence-corrected chi connectivity index (χ2v) is 8.18. The van der Waals surface area contributed by atoms with Crippen molar-refractivity contribution in [2.24, 2.45) is 0 Å². The van der Waals surface area contributed by atoms with E-state index in [0.717, 1.165) is 32.1 Å². The Morgan fingerprint density at radius 1 is 1.26 bits per heavy atom. The fourth-order valence-electron chi connectivity index (χ4n) is 3.76. The molecule has 14 heteroatoms. The molecule has 0 spiro atoms. The molecule has 184 valence electrons. The Balaban J connectivity index is 1.39. The van der Waals surface area contributed by atoms with E-state index in [1.807, 2.05) is 0 Å². The van der Waals surface area contributed by atoms with Crippen molar-refractivity contribution in [3.8, 4) is 0 Å². The number of cyclic esters (lactones) is 1. The predicted octanol–water partition coefficient (Wildman–Crippen LogP) is 2.87. The number of alkyl halides is 3. The minimum absolute atomic E-state index is 0.0318. The summed E-state index contributed by atoms with van der Waals surface area (Å²) in [6.07, 6.45) is 2.60. The van der Waals surface area contributed by atoms with Gasteiger partial charge in [-0.2, -0.15) is 18.2 Å². The van der Waals surface area contributed by atoms with Crippen molar-refractivity contribution >= 4 is 23.7 Å². The molecule has 0 radical (unpaired) electrons. The molecule has 0 bridgehead atoms. The van der Waals surface area contributed by atoms with Gasteiger partial charge in [0.2, 0.25) is 5.95 Å². The molecule has 2 aromatic heterocycles. The highest BCUT2D eigenvalue weighted by atomic mass is 19.4. The number of rotatable bonds is 8. The number of halogens is 3. The van der Waals surface area contributed by atoms with Crippen molar-refractivity contribution < 1.29 is 22.7 Å². The van der Waals surface area contributed by atoms with Gasteiger partial charge >= 0.3 is 12.3 Å². The van der Waals surface area contributed by atoms with Gasteiger partial charge in [0.05, 0.1) is 18.5 Å². The number of anilines is 3. The molecule has 2 aliphatic rings. The van der Waals surface area contributed by atoms with Crippen LogP contribution in [0.2, 0.25) is 0 Å². The number of amides is 1. The van der Waals surface area contributed by atoms with Crippen molar-refractivity contribution in [1.82, 2.24) is 34.8 Å². The molecule has 4 heterocycles. The first-order valence-corrected chi connectivity index (χ1v) is 11.0. The van der Waals surface area contributed by atoms with Gasteiger partial charge in [0.15, 0.2) is 5.82 Å². The molecule has 2 N–H and O–H groups in total. The highest BCUT2D eigenvalue weighted by Crippen LogP contribution is 2.34. The Morgan fingerprint density at radius 3 is 2.79 bits per heavy atom. The highest BCUT2D eigenvalue weighted by molar-refractivity contribution is 5.69. The number of carbonyl (C=O) groups is 1. The third kappa shape index (κ3) is 5.92. The molecule has 0 saturated carbocycles. The Kier molecular flexibility index (Phi) is 7.14. The zero-order chi connectivity index (χ0) is 24.1. The van der Waals surface area contributed by atoms with Crippen molar-refractivity contribution in [2.75, 3.05) is 50.4 Å². The van der Waals surface area contributed by atoms with Gasteiger partial charge in [-0.15, -0.1) is 5.10 Å². The monoisotopic (exact) mass is 481 g/mol. The predicted molar refractivity (Wildman–Crippen MR) is 116 cm³/mol. The lowest BCUT2D eigenvalue weighted by Gasteiger charge is -2.28. The SMILES string of the molecule is CN1CCC(n2cc(Nc3ncc(C(F)(F)F)c(NCCCN4CC=COC4=O)n3)nn2)CC1.